The molecule has 0 N–H and O–H groups in total. The van der Waals surface area contributed by atoms with Gasteiger partial charge in [-0.1, -0.05) is 66.4 Å². The lowest BCUT2D eigenvalue weighted by Crippen LogP contribution is -2.27. The third kappa shape index (κ3) is 4.17. The van der Waals surface area contributed by atoms with Crippen LogP contribution in [-0.2, 0) is 4.79 Å². The minimum absolute atomic E-state index is 0.0264. The van der Waals surface area contributed by atoms with Crippen molar-refractivity contribution in [1.82, 2.24) is 4.98 Å². The second-order valence-electron chi connectivity index (χ2n) is 6.95. The smallest absolute Gasteiger partial charge is 0.241 e. The van der Waals surface area contributed by atoms with Crippen LogP contribution in [0.5, 0.6) is 0 Å². The fourth-order valence-electron chi connectivity index (χ4n) is 3.37. The Morgan fingerprint density at radius 2 is 1.45 bits per heavy atom. The molecule has 0 saturated carbocycles. The minimum Gasteiger partial charge on any atom is -0.280 e. The molecule has 0 bridgehead atoms. The maximum atomic E-state index is 13.2. The van der Waals surface area contributed by atoms with Crippen molar-refractivity contribution in [2.45, 2.75) is 18.9 Å². The van der Waals surface area contributed by atoms with Gasteiger partial charge in [-0.25, -0.2) is 4.98 Å². The first-order valence-electron chi connectivity index (χ1n) is 9.56. The number of carbonyl (C=O) groups excluding carboxylic acids is 1. The van der Waals surface area contributed by atoms with Gasteiger partial charge in [0.05, 0.1) is 11.3 Å². The molecule has 4 heteroatoms. The highest BCUT2D eigenvalue weighted by molar-refractivity contribution is 8.00. The molecule has 3 aromatic carbocycles. The third-order valence-electron chi connectivity index (χ3n) is 4.80. The highest BCUT2D eigenvalue weighted by atomic mass is 32.2. The summed E-state index contributed by atoms with van der Waals surface area (Å²) in [6.45, 7) is 4.12. The van der Waals surface area contributed by atoms with E-state index in [9.17, 15) is 4.79 Å². The Morgan fingerprint density at radius 3 is 2.07 bits per heavy atom. The summed E-state index contributed by atoms with van der Waals surface area (Å²) in [5.74, 6) is 0.341. The first-order valence-corrected chi connectivity index (χ1v) is 10.5. The molecule has 0 unspecified atom stereocenters. The van der Waals surface area contributed by atoms with Crippen LogP contribution in [0, 0.1) is 13.8 Å². The van der Waals surface area contributed by atoms with Crippen molar-refractivity contribution in [2.24, 2.45) is 0 Å². The average Bonchev–Trinajstić information content (AvgIpc) is 2.74. The number of thioether (sulfide) groups is 1. The minimum atomic E-state index is 0.0264. The SMILES string of the molecule is Cc1cc2cccc(C)c2nc1SCC(=O)N(c1ccccc1)c1ccccc1. The zero-order valence-electron chi connectivity index (χ0n) is 16.5. The summed E-state index contributed by atoms with van der Waals surface area (Å²) in [4.78, 5) is 19.9. The molecule has 0 atom stereocenters. The van der Waals surface area contributed by atoms with Crippen LogP contribution < -0.4 is 4.90 Å². The first-order chi connectivity index (χ1) is 14.1. The van der Waals surface area contributed by atoms with Gasteiger partial charge in [-0.05, 0) is 55.3 Å². The maximum absolute atomic E-state index is 13.2. The van der Waals surface area contributed by atoms with E-state index in [0.29, 0.717) is 5.75 Å². The van der Waals surface area contributed by atoms with Crippen molar-refractivity contribution in [3.8, 4) is 0 Å². The van der Waals surface area contributed by atoms with E-state index in [-0.39, 0.29) is 5.91 Å². The number of nitrogens with zero attached hydrogens (tertiary/aromatic N) is 2. The van der Waals surface area contributed by atoms with Crippen LogP contribution in [0.15, 0.2) is 90.0 Å². The van der Waals surface area contributed by atoms with Gasteiger partial charge < -0.3 is 0 Å². The fourth-order valence-corrected chi connectivity index (χ4v) is 4.20. The average molecular weight is 399 g/mol. The van der Waals surface area contributed by atoms with Gasteiger partial charge in [0, 0.05) is 16.8 Å². The number of aryl methyl sites for hydroxylation is 2. The highest BCUT2D eigenvalue weighted by Crippen LogP contribution is 2.29. The van der Waals surface area contributed by atoms with Crippen molar-refractivity contribution < 1.29 is 4.79 Å². The van der Waals surface area contributed by atoms with E-state index < -0.39 is 0 Å². The van der Waals surface area contributed by atoms with Gasteiger partial charge in [-0.15, -0.1) is 0 Å². The monoisotopic (exact) mass is 398 g/mol. The number of para-hydroxylation sites is 3. The van der Waals surface area contributed by atoms with Gasteiger partial charge in [0.15, 0.2) is 0 Å². The summed E-state index contributed by atoms with van der Waals surface area (Å²) in [7, 11) is 0. The lowest BCUT2D eigenvalue weighted by molar-refractivity contribution is -0.115. The van der Waals surface area contributed by atoms with Crippen molar-refractivity contribution in [1.29, 1.82) is 0 Å². The topological polar surface area (TPSA) is 33.2 Å². The Labute approximate surface area is 175 Å². The zero-order valence-corrected chi connectivity index (χ0v) is 17.3. The predicted octanol–water partition coefficient (Wildman–Crippen LogP) is 6.31. The normalized spacial score (nSPS) is 10.8. The number of carbonyl (C=O) groups is 1. The van der Waals surface area contributed by atoms with Crippen LogP contribution in [0.4, 0.5) is 11.4 Å². The molecule has 0 saturated heterocycles. The summed E-state index contributed by atoms with van der Waals surface area (Å²) in [5.41, 5.74) is 4.96. The Kier molecular flexibility index (Phi) is 5.63. The number of pyridine rings is 1. The highest BCUT2D eigenvalue weighted by Gasteiger charge is 2.19. The Hall–Kier alpha value is -3.11. The van der Waals surface area contributed by atoms with Crippen LogP contribution in [-0.4, -0.2) is 16.6 Å². The molecule has 4 rings (SSSR count). The molecule has 144 valence electrons. The second-order valence-corrected chi connectivity index (χ2v) is 7.91. The molecule has 1 amide bonds. The molecule has 1 aromatic heterocycles. The van der Waals surface area contributed by atoms with E-state index in [4.69, 9.17) is 4.98 Å². The summed E-state index contributed by atoms with van der Waals surface area (Å²) in [5, 5.41) is 2.04. The molecule has 0 aliphatic heterocycles. The maximum Gasteiger partial charge on any atom is 0.241 e. The van der Waals surface area contributed by atoms with E-state index in [1.54, 1.807) is 4.90 Å². The van der Waals surface area contributed by atoms with Crippen LogP contribution in [0.3, 0.4) is 0 Å². The summed E-state index contributed by atoms with van der Waals surface area (Å²) >= 11 is 1.49. The van der Waals surface area contributed by atoms with Crippen molar-refractivity contribution >= 4 is 39.9 Å². The number of rotatable bonds is 5. The number of hydrogen-bond acceptors (Lipinski definition) is 3. The van der Waals surface area contributed by atoms with E-state index in [0.717, 1.165) is 38.4 Å². The molecule has 4 aromatic rings. The number of aromatic nitrogens is 1. The summed E-state index contributed by atoms with van der Waals surface area (Å²) < 4.78 is 0. The van der Waals surface area contributed by atoms with Crippen LogP contribution in [0.1, 0.15) is 11.1 Å². The fraction of sp³-hybridized carbons (Fsp3) is 0.120. The predicted molar refractivity (Wildman–Crippen MR) is 122 cm³/mol. The van der Waals surface area contributed by atoms with Gasteiger partial charge in [-0.2, -0.15) is 0 Å². The number of amides is 1. The number of fused-ring (bicyclic) bond motifs is 1. The molecular formula is C25H22N2OS. The van der Waals surface area contributed by atoms with Crippen LogP contribution in [0.2, 0.25) is 0 Å². The number of hydrogen-bond donors (Lipinski definition) is 0. The molecule has 3 nitrogen and oxygen atoms in total. The Morgan fingerprint density at radius 1 is 0.828 bits per heavy atom. The molecule has 0 spiro atoms. The zero-order chi connectivity index (χ0) is 20.2. The van der Waals surface area contributed by atoms with Gasteiger partial charge >= 0.3 is 0 Å². The van der Waals surface area contributed by atoms with Gasteiger partial charge in [0.25, 0.3) is 0 Å². The van der Waals surface area contributed by atoms with E-state index in [1.807, 2.05) is 73.7 Å². The number of anilines is 2. The lowest BCUT2D eigenvalue weighted by Gasteiger charge is -2.23. The van der Waals surface area contributed by atoms with Crippen LogP contribution >= 0.6 is 11.8 Å². The second kappa shape index (κ2) is 8.50. The Bertz CT molecular complexity index is 1100. The number of benzene rings is 3. The summed E-state index contributed by atoms with van der Waals surface area (Å²) in [6.07, 6.45) is 0. The van der Waals surface area contributed by atoms with Crippen LogP contribution in [0.25, 0.3) is 10.9 Å². The van der Waals surface area contributed by atoms with Gasteiger partial charge in [-0.3, -0.25) is 9.69 Å². The van der Waals surface area contributed by atoms with Gasteiger partial charge in [0.2, 0.25) is 5.91 Å². The molecule has 0 radical (unpaired) electrons. The molecule has 0 aliphatic rings. The molecular weight excluding hydrogens is 376 g/mol. The van der Waals surface area contributed by atoms with Gasteiger partial charge in [0.1, 0.15) is 5.03 Å². The van der Waals surface area contributed by atoms with E-state index in [2.05, 4.69) is 25.1 Å². The quantitative estimate of drug-likeness (QED) is 0.369. The lowest BCUT2D eigenvalue weighted by atomic mass is 10.1. The molecule has 29 heavy (non-hydrogen) atoms. The standard InChI is InChI=1S/C25H22N2OS/c1-18-10-9-11-20-16-19(2)25(26-24(18)20)29-17-23(28)27(21-12-5-3-6-13-21)22-14-7-4-8-15-22/h3-16H,17H2,1-2H3. The molecule has 0 fully saturated rings. The molecule has 1 heterocycles. The largest absolute Gasteiger partial charge is 0.280 e. The van der Waals surface area contributed by atoms with Crippen molar-refractivity contribution in [2.75, 3.05) is 10.7 Å². The van der Waals surface area contributed by atoms with E-state index in [1.165, 1.54) is 11.8 Å². The van der Waals surface area contributed by atoms with E-state index >= 15 is 0 Å². The van der Waals surface area contributed by atoms with Crippen molar-refractivity contribution in [3.63, 3.8) is 0 Å². The first kappa shape index (κ1) is 19.2. The Balaban J connectivity index is 1.61. The third-order valence-corrected chi connectivity index (χ3v) is 5.88. The molecule has 0 aliphatic carbocycles. The summed E-state index contributed by atoms with van der Waals surface area (Å²) in [6, 6.07) is 27.9. The van der Waals surface area contributed by atoms with Crippen molar-refractivity contribution in [3.05, 3.63) is 96.1 Å².